The maximum Gasteiger partial charge on any atom is 0.174 e. The first-order chi connectivity index (χ1) is 24.8. The number of aromatic nitrogens is 4. The number of thiophene rings is 1. The fourth-order valence-electron chi connectivity index (χ4n) is 7.07. The summed E-state index contributed by atoms with van der Waals surface area (Å²) in [6.45, 7) is 0. The van der Waals surface area contributed by atoms with Crippen molar-refractivity contribution in [3.63, 3.8) is 0 Å². The van der Waals surface area contributed by atoms with Crippen LogP contribution in [0.3, 0.4) is 0 Å². The number of nitrogens with zero attached hydrogens (tertiary/aromatic N) is 4. The first-order valence-corrected chi connectivity index (χ1v) is 17.5. The van der Waals surface area contributed by atoms with E-state index in [-0.39, 0.29) is 0 Å². The molecular formula is C45H28N4S. The molecule has 0 bridgehead atoms. The minimum Gasteiger partial charge on any atom is -0.309 e. The molecule has 0 N–H and O–H groups in total. The number of benzene rings is 7. The number of fused-ring (bicyclic) bond motifs is 5. The van der Waals surface area contributed by atoms with Crippen molar-refractivity contribution < 1.29 is 0 Å². The third-order valence-electron chi connectivity index (χ3n) is 9.49. The Kier molecular flexibility index (Phi) is 6.64. The van der Waals surface area contributed by atoms with E-state index in [2.05, 4.69) is 174 Å². The van der Waals surface area contributed by atoms with Crippen LogP contribution < -0.4 is 0 Å². The van der Waals surface area contributed by atoms with Crippen molar-refractivity contribution in [3.05, 3.63) is 170 Å². The molecule has 0 radical (unpaired) electrons. The summed E-state index contributed by atoms with van der Waals surface area (Å²) in [4.78, 5) is 16.2. The Morgan fingerprint density at radius 2 is 0.920 bits per heavy atom. The summed E-state index contributed by atoms with van der Waals surface area (Å²) in [7, 11) is 0. The summed E-state index contributed by atoms with van der Waals surface area (Å²) in [5.41, 5.74) is 7.71. The minimum atomic E-state index is 0.648. The summed E-state index contributed by atoms with van der Waals surface area (Å²) >= 11 is 1.71. The Balaban J connectivity index is 1.08. The molecule has 0 aliphatic rings. The summed E-state index contributed by atoms with van der Waals surface area (Å²) in [5, 5.41) is 6.14. The standard InChI is InChI=1S/C45H28N4S/c1-3-13-35-29(10-1)12-9-16-36(35)30-20-22-31(23-21-30)43-46-44(48-45(47-43)42-28-33-11-2-8-19-41(33)50-42)32-24-26-34(27-25-32)49-39-17-6-4-14-37(39)38-15-5-7-18-40(38)49/h1-28H. The van der Waals surface area contributed by atoms with E-state index in [0.29, 0.717) is 17.5 Å². The van der Waals surface area contributed by atoms with Gasteiger partial charge in [-0.2, -0.15) is 0 Å². The lowest BCUT2D eigenvalue weighted by Crippen LogP contribution is -2.00. The topological polar surface area (TPSA) is 43.6 Å². The van der Waals surface area contributed by atoms with Gasteiger partial charge in [0.2, 0.25) is 0 Å². The van der Waals surface area contributed by atoms with Crippen LogP contribution in [0.5, 0.6) is 0 Å². The van der Waals surface area contributed by atoms with Gasteiger partial charge in [0.05, 0.1) is 15.9 Å². The molecule has 0 amide bonds. The van der Waals surface area contributed by atoms with Crippen molar-refractivity contribution in [3.8, 4) is 50.3 Å². The van der Waals surface area contributed by atoms with Crippen molar-refractivity contribution in [1.29, 1.82) is 0 Å². The number of hydrogen-bond acceptors (Lipinski definition) is 4. The van der Waals surface area contributed by atoms with Gasteiger partial charge < -0.3 is 4.57 Å². The average molecular weight is 657 g/mol. The van der Waals surface area contributed by atoms with Crippen LogP contribution in [0, 0.1) is 0 Å². The molecule has 0 saturated carbocycles. The summed E-state index contributed by atoms with van der Waals surface area (Å²) in [5.74, 6) is 1.98. The van der Waals surface area contributed by atoms with Gasteiger partial charge in [-0.25, -0.2) is 15.0 Å². The van der Waals surface area contributed by atoms with Crippen LogP contribution in [-0.2, 0) is 0 Å². The predicted molar refractivity (Wildman–Crippen MR) is 209 cm³/mol. The molecule has 3 heterocycles. The molecule has 0 aliphatic heterocycles. The van der Waals surface area contributed by atoms with Gasteiger partial charge in [-0.3, -0.25) is 0 Å². The highest BCUT2D eigenvalue weighted by Gasteiger charge is 2.16. The van der Waals surface area contributed by atoms with Crippen LogP contribution in [-0.4, -0.2) is 19.5 Å². The van der Waals surface area contributed by atoms with Gasteiger partial charge in [-0.15, -0.1) is 11.3 Å². The van der Waals surface area contributed by atoms with E-state index in [0.717, 1.165) is 27.3 Å². The van der Waals surface area contributed by atoms with Gasteiger partial charge in [0.1, 0.15) is 0 Å². The number of hydrogen-bond donors (Lipinski definition) is 0. The predicted octanol–water partition coefficient (Wildman–Crippen LogP) is 12.0. The van der Waals surface area contributed by atoms with Crippen LogP contribution in [0.1, 0.15) is 0 Å². The normalized spacial score (nSPS) is 11.6. The molecule has 10 rings (SSSR count). The molecule has 0 spiro atoms. The van der Waals surface area contributed by atoms with E-state index < -0.39 is 0 Å². The number of rotatable bonds is 5. The molecule has 0 fully saturated rings. The molecule has 0 saturated heterocycles. The highest BCUT2D eigenvalue weighted by Crippen LogP contribution is 2.36. The first-order valence-electron chi connectivity index (χ1n) is 16.7. The maximum absolute atomic E-state index is 5.07. The zero-order valence-corrected chi connectivity index (χ0v) is 27.7. The Morgan fingerprint density at radius 3 is 1.60 bits per heavy atom. The third-order valence-corrected chi connectivity index (χ3v) is 10.6. The van der Waals surface area contributed by atoms with Crippen LogP contribution in [0.2, 0.25) is 0 Å². The number of para-hydroxylation sites is 2. The van der Waals surface area contributed by atoms with E-state index in [1.807, 2.05) is 0 Å². The molecule has 0 unspecified atom stereocenters. The molecule has 7 aromatic carbocycles. The summed E-state index contributed by atoms with van der Waals surface area (Å²) in [6.07, 6.45) is 0. The van der Waals surface area contributed by atoms with E-state index in [1.54, 1.807) is 11.3 Å². The lowest BCUT2D eigenvalue weighted by atomic mass is 9.97. The van der Waals surface area contributed by atoms with Crippen LogP contribution in [0.4, 0.5) is 0 Å². The quantitative estimate of drug-likeness (QED) is 0.185. The Hall–Kier alpha value is -6.43. The Morgan fingerprint density at radius 1 is 0.400 bits per heavy atom. The second-order valence-corrected chi connectivity index (χ2v) is 13.6. The van der Waals surface area contributed by atoms with Crippen molar-refractivity contribution >= 4 is 54.0 Å². The molecule has 0 aliphatic carbocycles. The fraction of sp³-hybridized carbons (Fsp3) is 0. The van der Waals surface area contributed by atoms with Crippen molar-refractivity contribution in [1.82, 2.24) is 19.5 Å². The van der Waals surface area contributed by atoms with Gasteiger partial charge in [-0.1, -0.05) is 121 Å². The SMILES string of the molecule is c1ccc2sc(-c3nc(-c4ccc(-c5cccc6ccccc56)cc4)nc(-c4ccc(-n5c6ccccc6c6ccccc65)cc4)n3)cc2c1. The fourth-order valence-corrected chi connectivity index (χ4v) is 8.07. The second kappa shape index (κ2) is 11.6. The first kappa shape index (κ1) is 28.6. The highest BCUT2D eigenvalue weighted by atomic mass is 32.1. The third kappa shape index (κ3) is 4.79. The maximum atomic E-state index is 5.07. The minimum absolute atomic E-state index is 0.648. The lowest BCUT2D eigenvalue weighted by molar-refractivity contribution is 1.08. The molecule has 10 aromatic rings. The Bertz CT molecular complexity index is 2770. The van der Waals surface area contributed by atoms with E-state index in [9.17, 15) is 0 Å². The zero-order valence-electron chi connectivity index (χ0n) is 26.9. The van der Waals surface area contributed by atoms with Crippen LogP contribution in [0.15, 0.2) is 170 Å². The molecular weight excluding hydrogens is 629 g/mol. The van der Waals surface area contributed by atoms with Crippen LogP contribution in [0.25, 0.3) is 93.0 Å². The molecule has 5 heteroatoms. The smallest absolute Gasteiger partial charge is 0.174 e. The molecule has 234 valence electrons. The van der Waals surface area contributed by atoms with Gasteiger partial charge in [0, 0.05) is 32.3 Å². The van der Waals surface area contributed by atoms with Crippen molar-refractivity contribution in [2.75, 3.05) is 0 Å². The molecule has 3 aromatic heterocycles. The average Bonchev–Trinajstić information content (AvgIpc) is 3.78. The van der Waals surface area contributed by atoms with E-state index in [4.69, 9.17) is 15.0 Å². The molecule has 4 nitrogen and oxygen atoms in total. The molecule has 50 heavy (non-hydrogen) atoms. The summed E-state index contributed by atoms with van der Waals surface area (Å²) in [6, 6.07) is 59.9. The largest absolute Gasteiger partial charge is 0.309 e. The van der Waals surface area contributed by atoms with Gasteiger partial charge in [0.25, 0.3) is 0 Å². The van der Waals surface area contributed by atoms with E-state index in [1.165, 1.54) is 48.2 Å². The van der Waals surface area contributed by atoms with Gasteiger partial charge >= 0.3 is 0 Å². The van der Waals surface area contributed by atoms with Crippen molar-refractivity contribution in [2.24, 2.45) is 0 Å². The monoisotopic (exact) mass is 656 g/mol. The van der Waals surface area contributed by atoms with Gasteiger partial charge in [-0.05, 0) is 75.8 Å². The van der Waals surface area contributed by atoms with E-state index >= 15 is 0 Å². The van der Waals surface area contributed by atoms with Gasteiger partial charge in [0.15, 0.2) is 17.5 Å². The second-order valence-electron chi connectivity index (χ2n) is 12.5. The lowest BCUT2D eigenvalue weighted by Gasteiger charge is -2.11. The molecule has 0 atom stereocenters. The van der Waals surface area contributed by atoms with Crippen molar-refractivity contribution in [2.45, 2.75) is 0 Å². The highest BCUT2D eigenvalue weighted by molar-refractivity contribution is 7.22. The zero-order chi connectivity index (χ0) is 33.0. The summed E-state index contributed by atoms with van der Waals surface area (Å²) < 4.78 is 3.54. The Labute approximate surface area is 292 Å². The van der Waals surface area contributed by atoms with Crippen LogP contribution >= 0.6 is 11.3 Å².